The zero-order valence-corrected chi connectivity index (χ0v) is 27.6. The number of benzene rings is 3. The smallest absolute Gasteiger partial charge is 0.408 e. The number of aromatic hydroxyl groups is 1. The lowest BCUT2D eigenvalue weighted by molar-refractivity contribution is -0.140. The molecule has 0 aliphatic heterocycles. The van der Waals surface area contributed by atoms with E-state index in [4.69, 9.17) is 4.74 Å². The molecular weight excluding hydrogens is 566 g/mol. The summed E-state index contributed by atoms with van der Waals surface area (Å²) in [6.07, 6.45) is 4.22. The Morgan fingerprint density at radius 1 is 0.889 bits per heavy atom. The molecule has 8 heteroatoms. The van der Waals surface area contributed by atoms with Crippen molar-refractivity contribution < 1.29 is 24.2 Å². The van der Waals surface area contributed by atoms with Gasteiger partial charge in [0.05, 0.1) is 0 Å². The first-order chi connectivity index (χ1) is 21.4. The van der Waals surface area contributed by atoms with Gasteiger partial charge in [0, 0.05) is 18.7 Å². The van der Waals surface area contributed by atoms with Crippen LogP contribution in [0.2, 0.25) is 0 Å². The molecule has 0 saturated carbocycles. The molecular formula is C37H49N3O5. The Morgan fingerprint density at radius 2 is 1.58 bits per heavy atom. The third kappa shape index (κ3) is 11.3. The van der Waals surface area contributed by atoms with Gasteiger partial charge < -0.3 is 25.4 Å². The Labute approximate surface area is 268 Å². The minimum Gasteiger partial charge on any atom is -0.508 e. The van der Waals surface area contributed by atoms with Crippen LogP contribution in [0.4, 0.5) is 10.5 Å². The minimum atomic E-state index is -1.03. The van der Waals surface area contributed by atoms with Gasteiger partial charge in [-0.15, -0.1) is 0 Å². The third-order valence-corrected chi connectivity index (χ3v) is 7.47. The number of para-hydroxylation sites is 1. The molecule has 0 aliphatic rings. The van der Waals surface area contributed by atoms with E-state index in [1.54, 1.807) is 49.9 Å². The molecule has 3 rings (SSSR count). The molecule has 3 aromatic rings. The van der Waals surface area contributed by atoms with Crippen LogP contribution >= 0.6 is 0 Å². The van der Waals surface area contributed by atoms with Crippen LogP contribution in [-0.4, -0.2) is 46.1 Å². The van der Waals surface area contributed by atoms with Gasteiger partial charge >= 0.3 is 6.09 Å². The van der Waals surface area contributed by atoms with Gasteiger partial charge in [0.2, 0.25) is 5.91 Å². The van der Waals surface area contributed by atoms with Crippen molar-refractivity contribution in [2.24, 2.45) is 0 Å². The third-order valence-electron chi connectivity index (χ3n) is 7.47. The standard InChI is InChI=1S/C37H49N3O5/c1-7-8-9-10-13-23-40(33(29-17-14-15-26(2)24-29)34(42)38-31-18-12-11-16-27(31)3)35(43)32(39-36(44)45-37(4,5)6)25-28-19-21-30(41)22-20-28/h11-12,14-22,24,32-33,41H,7-10,13,23,25H2,1-6H3,(H,38,42)(H,39,44). The maximum atomic E-state index is 14.7. The van der Waals surface area contributed by atoms with Gasteiger partial charge in [-0.3, -0.25) is 9.59 Å². The summed E-state index contributed by atoms with van der Waals surface area (Å²) >= 11 is 0. The molecule has 0 aromatic heterocycles. The van der Waals surface area contributed by atoms with Crippen molar-refractivity contribution >= 4 is 23.6 Å². The first-order valence-corrected chi connectivity index (χ1v) is 15.9. The lowest BCUT2D eigenvalue weighted by Crippen LogP contribution is -2.53. The molecule has 8 nitrogen and oxygen atoms in total. The van der Waals surface area contributed by atoms with Crippen LogP contribution in [0.25, 0.3) is 0 Å². The molecule has 3 aromatic carbocycles. The topological polar surface area (TPSA) is 108 Å². The van der Waals surface area contributed by atoms with Gasteiger partial charge in [-0.05, 0) is 75.9 Å². The number of nitrogens with zero attached hydrogens (tertiary/aromatic N) is 1. The number of unbranched alkanes of at least 4 members (excludes halogenated alkanes) is 4. The highest BCUT2D eigenvalue weighted by Crippen LogP contribution is 2.27. The molecule has 45 heavy (non-hydrogen) atoms. The average Bonchev–Trinajstić information content (AvgIpc) is 2.97. The van der Waals surface area contributed by atoms with Crippen molar-refractivity contribution in [2.45, 2.75) is 97.8 Å². The van der Waals surface area contributed by atoms with E-state index in [2.05, 4.69) is 17.6 Å². The Bertz CT molecular complexity index is 1410. The van der Waals surface area contributed by atoms with Gasteiger partial charge in [-0.2, -0.15) is 0 Å². The number of anilines is 1. The van der Waals surface area contributed by atoms with E-state index in [1.807, 2.05) is 62.4 Å². The Balaban J connectivity index is 2.07. The number of carbonyl (C=O) groups is 3. The first-order valence-electron chi connectivity index (χ1n) is 15.9. The van der Waals surface area contributed by atoms with Crippen LogP contribution in [-0.2, 0) is 20.7 Å². The second-order valence-electron chi connectivity index (χ2n) is 12.6. The number of rotatable bonds is 14. The fourth-order valence-corrected chi connectivity index (χ4v) is 5.20. The molecule has 2 atom stereocenters. The van der Waals surface area contributed by atoms with Crippen LogP contribution in [0, 0.1) is 13.8 Å². The number of phenolic OH excluding ortho intramolecular Hbond substituents is 1. The summed E-state index contributed by atoms with van der Waals surface area (Å²) < 4.78 is 5.54. The second-order valence-corrected chi connectivity index (χ2v) is 12.6. The predicted octanol–water partition coefficient (Wildman–Crippen LogP) is 7.62. The van der Waals surface area contributed by atoms with E-state index in [0.29, 0.717) is 24.2 Å². The van der Waals surface area contributed by atoms with E-state index in [-0.39, 0.29) is 18.1 Å². The highest BCUT2D eigenvalue weighted by molar-refractivity contribution is 5.99. The summed E-state index contributed by atoms with van der Waals surface area (Å²) in [5.41, 5.74) is 3.19. The maximum Gasteiger partial charge on any atom is 0.408 e. The van der Waals surface area contributed by atoms with Gasteiger partial charge in [0.15, 0.2) is 0 Å². The van der Waals surface area contributed by atoms with Crippen molar-refractivity contribution in [3.63, 3.8) is 0 Å². The minimum absolute atomic E-state index is 0.0998. The normalized spacial score (nSPS) is 12.6. The second kappa shape index (κ2) is 16.7. The van der Waals surface area contributed by atoms with Crippen LogP contribution < -0.4 is 10.6 Å². The number of amides is 3. The highest BCUT2D eigenvalue weighted by Gasteiger charge is 2.36. The monoisotopic (exact) mass is 615 g/mol. The van der Waals surface area contributed by atoms with E-state index < -0.39 is 29.7 Å². The molecule has 0 spiro atoms. The molecule has 3 amide bonds. The molecule has 0 fully saturated rings. The number of nitrogens with one attached hydrogen (secondary N) is 2. The lowest BCUT2D eigenvalue weighted by Gasteiger charge is -2.35. The molecule has 3 N–H and O–H groups in total. The molecule has 242 valence electrons. The largest absolute Gasteiger partial charge is 0.508 e. The van der Waals surface area contributed by atoms with Gasteiger partial charge in [-0.25, -0.2) is 4.79 Å². The Morgan fingerprint density at radius 3 is 2.22 bits per heavy atom. The molecule has 0 bridgehead atoms. The number of carbonyl (C=O) groups excluding carboxylic acids is 3. The molecule has 0 aliphatic carbocycles. The van der Waals surface area contributed by atoms with Crippen LogP contribution in [0.15, 0.2) is 72.8 Å². The van der Waals surface area contributed by atoms with E-state index in [0.717, 1.165) is 42.4 Å². The maximum absolute atomic E-state index is 14.7. The number of hydrogen-bond acceptors (Lipinski definition) is 5. The fourth-order valence-electron chi connectivity index (χ4n) is 5.20. The summed E-state index contributed by atoms with van der Waals surface area (Å²) in [7, 11) is 0. The van der Waals surface area contributed by atoms with Gasteiger partial charge in [0.25, 0.3) is 5.91 Å². The summed E-state index contributed by atoms with van der Waals surface area (Å²) in [6.45, 7) is 11.6. The number of aryl methyl sites for hydroxylation is 2. The Hall–Kier alpha value is -4.33. The first kappa shape index (κ1) is 35.2. The summed E-state index contributed by atoms with van der Waals surface area (Å²) in [5.74, 6) is -0.629. The van der Waals surface area contributed by atoms with Crippen molar-refractivity contribution in [1.29, 1.82) is 0 Å². The van der Waals surface area contributed by atoms with E-state index in [1.165, 1.54) is 0 Å². The van der Waals surface area contributed by atoms with Crippen LogP contribution in [0.1, 0.15) is 88.1 Å². The van der Waals surface area contributed by atoms with Gasteiger partial charge in [-0.1, -0.05) is 92.8 Å². The van der Waals surface area contributed by atoms with Crippen LogP contribution in [0.3, 0.4) is 0 Å². The van der Waals surface area contributed by atoms with E-state index >= 15 is 0 Å². The highest BCUT2D eigenvalue weighted by atomic mass is 16.6. The zero-order chi connectivity index (χ0) is 33.0. The number of ether oxygens (including phenoxy) is 1. The lowest BCUT2D eigenvalue weighted by atomic mass is 9.98. The number of phenols is 1. The quantitative estimate of drug-likeness (QED) is 0.162. The van der Waals surface area contributed by atoms with Crippen molar-refractivity contribution in [3.8, 4) is 5.75 Å². The zero-order valence-electron chi connectivity index (χ0n) is 27.6. The molecule has 0 saturated heterocycles. The summed E-state index contributed by atoms with van der Waals surface area (Å²) in [4.78, 5) is 43.6. The fraction of sp³-hybridized carbons (Fsp3) is 0.432. The number of alkyl carbamates (subject to hydrolysis) is 1. The van der Waals surface area contributed by atoms with E-state index in [9.17, 15) is 19.5 Å². The predicted molar refractivity (Wildman–Crippen MR) is 179 cm³/mol. The summed E-state index contributed by atoms with van der Waals surface area (Å²) in [6, 6.07) is 19.7. The Kier molecular flexibility index (Phi) is 13.0. The average molecular weight is 616 g/mol. The van der Waals surface area contributed by atoms with Crippen molar-refractivity contribution in [1.82, 2.24) is 10.2 Å². The molecule has 0 radical (unpaired) electrons. The van der Waals surface area contributed by atoms with Gasteiger partial charge in [0.1, 0.15) is 23.4 Å². The van der Waals surface area contributed by atoms with Crippen LogP contribution in [0.5, 0.6) is 5.75 Å². The number of hydrogen-bond donors (Lipinski definition) is 3. The molecule has 0 heterocycles. The summed E-state index contributed by atoms with van der Waals surface area (Å²) in [5, 5.41) is 15.7. The SMILES string of the molecule is CCCCCCCN(C(=O)C(Cc1ccc(O)cc1)NC(=O)OC(C)(C)C)C(C(=O)Nc1ccccc1C)c1cccc(C)c1. The molecule has 2 unspecified atom stereocenters. The van der Waals surface area contributed by atoms with Crippen molar-refractivity contribution in [2.75, 3.05) is 11.9 Å². The van der Waals surface area contributed by atoms with Crippen molar-refractivity contribution in [3.05, 3.63) is 95.1 Å².